The lowest BCUT2D eigenvalue weighted by Crippen LogP contribution is -2.55. The summed E-state index contributed by atoms with van der Waals surface area (Å²) in [6.45, 7) is 12.2. The molecule has 0 saturated carbocycles. The number of hydrogen-bond acceptors (Lipinski definition) is 3. The third kappa shape index (κ3) is 4.02. The zero-order valence-electron chi connectivity index (χ0n) is 12.7. The number of nitrogens with zero attached hydrogens (tertiary/aromatic N) is 2. The number of aryl methyl sites for hydroxylation is 1. The number of nitrogens with one attached hydrogen (secondary N) is 1. The van der Waals surface area contributed by atoms with Crippen LogP contribution in [0.1, 0.15) is 38.4 Å². The van der Waals surface area contributed by atoms with Gasteiger partial charge >= 0.3 is 0 Å². The molecule has 0 spiro atoms. The van der Waals surface area contributed by atoms with Gasteiger partial charge in [0.05, 0.1) is 5.69 Å². The van der Waals surface area contributed by atoms with Crippen molar-refractivity contribution in [3.8, 4) is 0 Å². The molecule has 2 heterocycles. The van der Waals surface area contributed by atoms with Crippen LogP contribution < -0.4 is 5.32 Å². The van der Waals surface area contributed by atoms with E-state index in [1.807, 2.05) is 12.3 Å². The first-order valence-electron chi connectivity index (χ1n) is 7.44. The highest BCUT2D eigenvalue weighted by molar-refractivity contribution is 5.17. The van der Waals surface area contributed by atoms with Gasteiger partial charge in [0.2, 0.25) is 0 Å². The van der Waals surface area contributed by atoms with Crippen LogP contribution in [-0.2, 0) is 6.54 Å². The van der Waals surface area contributed by atoms with Gasteiger partial charge in [-0.15, -0.1) is 0 Å². The summed E-state index contributed by atoms with van der Waals surface area (Å²) in [7, 11) is 0. The maximum atomic E-state index is 4.55. The maximum Gasteiger partial charge on any atom is 0.0573 e. The molecule has 1 aliphatic heterocycles. The normalized spacial score (nSPS) is 24.9. The molecule has 1 aromatic rings. The van der Waals surface area contributed by atoms with Gasteiger partial charge in [0, 0.05) is 37.9 Å². The Kier molecular flexibility index (Phi) is 4.94. The molecule has 1 aromatic heterocycles. The number of pyridine rings is 1. The number of piperazine rings is 1. The summed E-state index contributed by atoms with van der Waals surface area (Å²) in [6, 6.07) is 5.39. The molecule has 2 unspecified atom stereocenters. The lowest BCUT2D eigenvalue weighted by Gasteiger charge is -2.40. The third-order valence-corrected chi connectivity index (χ3v) is 3.94. The first kappa shape index (κ1) is 14.5. The van der Waals surface area contributed by atoms with Crippen LogP contribution in [0.15, 0.2) is 18.3 Å². The Bertz CT molecular complexity index is 403. The molecule has 0 radical (unpaired) electrons. The summed E-state index contributed by atoms with van der Waals surface area (Å²) in [6.07, 6.45) is 3.16. The van der Waals surface area contributed by atoms with Crippen LogP contribution in [0.5, 0.6) is 0 Å². The van der Waals surface area contributed by atoms with Crippen LogP contribution >= 0.6 is 0 Å². The number of rotatable bonds is 4. The van der Waals surface area contributed by atoms with E-state index in [2.05, 4.69) is 49.0 Å². The van der Waals surface area contributed by atoms with E-state index in [4.69, 9.17) is 0 Å². The highest BCUT2D eigenvalue weighted by Gasteiger charge is 2.26. The van der Waals surface area contributed by atoms with Crippen molar-refractivity contribution in [3.05, 3.63) is 29.6 Å². The van der Waals surface area contributed by atoms with Gasteiger partial charge in [0.25, 0.3) is 0 Å². The molecule has 2 rings (SSSR count). The van der Waals surface area contributed by atoms with E-state index in [1.54, 1.807) is 0 Å². The summed E-state index contributed by atoms with van der Waals surface area (Å²) in [5, 5.41) is 3.61. The van der Waals surface area contributed by atoms with Crippen molar-refractivity contribution in [2.45, 2.75) is 52.7 Å². The Morgan fingerprint density at radius 3 is 2.95 bits per heavy atom. The zero-order valence-corrected chi connectivity index (χ0v) is 12.7. The van der Waals surface area contributed by atoms with Crippen molar-refractivity contribution in [2.75, 3.05) is 13.1 Å². The number of aromatic nitrogens is 1. The van der Waals surface area contributed by atoms with Gasteiger partial charge in [0.1, 0.15) is 0 Å². The molecule has 2 atom stereocenters. The van der Waals surface area contributed by atoms with E-state index in [0.717, 1.165) is 25.6 Å². The standard InChI is InChI=1S/C16H27N3/c1-12(2)8-15-9-18-14(4)10-19(15)11-16-13(3)6-5-7-17-16/h5-7,12,14-15,18H,8-11H2,1-4H3. The van der Waals surface area contributed by atoms with E-state index < -0.39 is 0 Å². The summed E-state index contributed by atoms with van der Waals surface area (Å²) in [5.74, 6) is 0.743. The Morgan fingerprint density at radius 2 is 2.26 bits per heavy atom. The van der Waals surface area contributed by atoms with Crippen molar-refractivity contribution in [3.63, 3.8) is 0 Å². The monoisotopic (exact) mass is 261 g/mol. The molecular weight excluding hydrogens is 234 g/mol. The van der Waals surface area contributed by atoms with Crippen LogP contribution in [-0.4, -0.2) is 35.1 Å². The lowest BCUT2D eigenvalue weighted by molar-refractivity contribution is 0.110. The second-order valence-corrected chi connectivity index (χ2v) is 6.29. The van der Waals surface area contributed by atoms with Crippen LogP contribution in [0, 0.1) is 12.8 Å². The third-order valence-electron chi connectivity index (χ3n) is 3.94. The van der Waals surface area contributed by atoms with Crippen LogP contribution in [0.25, 0.3) is 0 Å². The van der Waals surface area contributed by atoms with E-state index in [0.29, 0.717) is 12.1 Å². The maximum absolute atomic E-state index is 4.55. The van der Waals surface area contributed by atoms with E-state index in [1.165, 1.54) is 17.7 Å². The summed E-state index contributed by atoms with van der Waals surface area (Å²) < 4.78 is 0. The average Bonchev–Trinajstić information content (AvgIpc) is 2.35. The summed E-state index contributed by atoms with van der Waals surface area (Å²) in [4.78, 5) is 7.16. The van der Waals surface area contributed by atoms with Crippen LogP contribution in [0.2, 0.25) is 0 Å². The van der Waals surface area contributed by atoms with Gasteiger partial charge < -0.3 is 5.32 Å². The Balaban J connectivity index is 2.07. The molecule has 106 valence electrons. The molecule has 19 heavy (non-hydrogen) atoms. The fourth-order valence-corrected chi connectivity index (χ4v) is 2.88. The minimum Gasteiger partial charge on any atom is -0.311 e. The van der Waals surface area contributed by atoms with Gasteiger partial charge in [-0.2, -0.15) is 0 Å². The van der Waals surface area contributed by atoms with Crippen LogP contribution in [0.3, 0.4) is 0 Å². The minimum absolute atomic E-state index is 0.576. The topological polar surface area (TPSA) is 28.2 Å². The van der Waals surface area contributed by atoms with Crippen molar-refractivity contribution in [2.24, 2.45) is 5.92 Å². The van der Waals surface area contributed by atoms with Crippen molar-refractivity contribution in [1.29, 1.82) is 0 Å². The number of hydrogen-bond donors (Lipinski definition) is 1. The predicted molar refractivity (Wildman–Crippen MR) is 80.1 cm³/mol. The van der Waals surface area contributed by atoms with E-state index >= 15 is 0 Å². The average molecular weight is 261 g/mol. The molecule has 1 saturated heterocycles. The predicted octanol–water partition coefficient (Wildman–Crippen LogP) is 2.60. The zero-order chi connectivity index (χ0) is 13.8. The second-order valence-electron chi connectivity index (χ2n) is 6.29. The summed E-state index contributed by atoms with van der Waals surface area (Å²) >= 11 is 0. The first-order valence-corrected chi connectivity index (χ1v) is 7.44. The first-order chi connectivity index (χ1) is 9.06. The molecule has 0 aliphatic carbocycles. The van der Waals surface area contributed by atoms with Crippen molar-refractivity contribution < 1.29 is 0 Å². The molecule has 1 aliphatic rings. The van der Waals surface area contributed by atoms with Gasteiger partial charge in [-0.1, -0.05) is 19.9 Å². The minimum atomic E-state index is 0.576. The molecule has 3 nitrogen and oxygen atoms in total. The highest BCUT2D eigenvalue weighted by atomic mass is 15.2. The molecule has 1 N–H and O–H groups in total. The molecule has 3 heteroatoms. The van der Waals surface area contributed by atoms with E-state index in [9.17, 15) is 0 Å². The highest BCUT2D eigenvalue weighted by Crippen LogP contribution is 2.18. The largest absolute Gasteiger partial charge is 0.311 e. The quantitative estimate of drug-likeness (QED) is 0.903. The molecule has 0 bridgehead atoms. The fourth-order valence-electron chi connectivity index (χ4n) is 2.88. The van der Waals surface area contributed by atoms with Crippen LogP contribution in [0.4, 0.5) is 0 Å². The van der Waals surface area contributed by atoms with Gasteiger partial charge in [-0.25, -0.2) is 0 Å². The smallest absolute Gasteiger partial charge is 0.0573 e. The van der Waals surface area contributed by atoms with E-state index in [-0.39, 0.29) is 0 Å². The van der Waals surface area contributed by atoms with Gasteiger partial charge in [0.15, 0.2) is 0 Å². The molecule has 1 fully saturated rings. The fraction of sp³-hybridized carbons (Fsp3) is 0.688. The Morgan fingerprint density at radius 1 is 1.47 bits per heavy atom. The SMILES string of the molecule is Cc1cccnc1CN1CC(C)NCC1CC(C)C. The van der Waals surface area contributed by atoms with Crippen molar-refractivity contribution in [1.82, 2.24) is 15.2 Å². The van der Waals surface area contributed by atoms with Gasteiger partial charge in [-0.05, 0) is 37.8 Å². The molecule has 0 aromatic carbocycles. The Labute approximate surface area is 117 Å². The Hall–Kier alpha value is -0.930. The second kappa shape index (κ2) is 6.49. The van der Waals surface area contributed by atoms with Gasteiger partial charge in [-0.3, -0.25) is 9.88 Å². The summed E-state index contributed by atoms with van der Waals surface area (Å²) in [5.41, 5.74) is 2.53. The van der Waals surface area contributed by atoms with Crippen molar-refractivity contribution >= 4 is 0 Å². The lowest BCUT2D eigenvalue weighted by atomic mass is 9.99. The molecular formula is C16H27N3. The molecule has 0 amide bonds.